The number of halogens is 2. The van der Waals surface area contributed by atoms with Crippen molar-refractivity contribution in [1.29, 1.82) is 0 Å². The van der Waals surface area contributed by atoms with Gasteiger partial charge in [0.15, 0.2) is 0 Å². The van der Waals surface area contributed by atoms with Crippen LogP contribution in [0.25, 0.3) is 0 Å². The first kappa shape index (κ1) is 31.8. The Bertz CT molecular complexity index is 1280. The average Bonchev–Trinajstić information content (AvgIpc) is 3.62. The molecule has 3 saturated heterocycles. The third-order valence-corrected chi connectivity index (χ3v) is 11.3. The van der Waals surface area contributed by atoms with Gasteiger partial charge in [0.1, 0.15) is 11.6 Å². The maximum absolute atomic E-state index is 14.3. The summed E-state index contributed by atoms with van der Waals surface area (Å²) in [6, 6.07) is 4.05. The van der Waals surface area contributed by atoms with Crippen LogP contribution in [0.5, 0.6) is 0 Å². The maximum atomic E-state index is 14.3. The number of carbonyl (C=O) groups is 3. The van der Waals surface area contributed by atoms with E-state index in [0.717, 1.165) is 65.0 Å². The minimum absolute atomic E-state index is 0.0442. The Morgan fingerprint density at radius 3 is 2.41 bits per heavy atom. The number of hydrogen-bond donors (Lipinski definition) is 2. The monoisotopic (exact) mass is 645 g/mol. The number of ether oxygens (including phenoxy) is 1. The largest absolute Gasteiger partial charge is 0.359 e. The molecule has 4 fully saturated rings. The second-order valence-corrected chi connectivity index (χ2v) is 14.3. The van der Waals surface area contributed by atoms with E-state index in [9.17, 15) is 14.4 Å². The van der Waals surface area contributed by atoms with Gasteiger partial charge in [-0.2, -0.15) is 0 Å². The molecule has 0 unspecified atom stereocenters. The molecule has 2 N–H and O–H groups in total. The molecule has 3 amide bonds. The minimum atomic E-state index is -1.18. The molecule has 44 heavy (non-hydrogen) atoms. The van der Waals surface area contributed by atoms with Crippen LogP contribution in [-0.4, -0.2) is 102 Å². The van der Waals surface area contributed by atoms with Gasteiger partial charge in [-0.05, 0) is 56.0 Å². The van der Waals surface area contributed by atoms with Crippen molar-refractivity contribution >= 4 is 46.6 Å². The second kappa shape index (κ2) is 12.9. The van der Waals surface area contributed by atoms with Gasteiger partial charge in [-0.25, -0.2) is 0 Å². The first-order valence-electron chi connectivity index (χ1n) is 16.3. The van der Waals surface area contributed by atoms with Crippen LogP contribution in [0.3, 0.4) is 0 Å². The molecule has 4 aliphatic heterocycles. The lowest BCUT2D eigenvalue weighted by Gasteiger charge is -2.38. The number of amides is 3. The van der Waals surface area contributed by atoms with Gasteiger partial charge in [0.2, 0.25) is 17.7 Å². The number of hydrogen-bond acceptors (Lipinski definition) is 6. The molecular formula is C33H45Cl2N5O4. The normalized spacial score (nSPS) is 35.2. The first-order chi connectivity index (χ1) is 21.1. The molecule has 4 heterocycles. The molecule has 1 aromatic carbocycles. The van der Waals surface area contributed by atoms with Gasteiger partial charge in [0, 0.05) is 54.5 Å². The van der Waals surface area contributed by atoms with E-state index in [0.29, 0.717) is 34.1 Å². The fraction of sp³-hybridized carbons (Fsp3) is 0.667. The molecule has 8 atom stereocenters. The van der Waals surface area contributed by atoms with Gasteiger partial charge < -0.3 is 30.1 Å². The van der Waals surface area contributed by atoms with Crippen LogP contribution in [-0.2, 0) is 19.1 Å². The molecule has 240 valence electrons. The minimum Gasteiger partial charge on any atom is -0.359 e. The van der Waals surface area contributed by atoms with Crippen molar-refractivity contribution in [2.75, 3.05) is 51.1 Å². The standard InChI is InChI=1S/C33H45Cl2N5O4/c1-4-38-13-15-39(16-14-38)11-6-12-40-29(31(42)37-25-8-5-7-20(2)21(25)3)33-10-9-26(44-33)27(28(33)32(40)43)30(41)36-24-18-22(34)17-23(35)19-24/h9-10,17-21,25-29H,4-8,11-16H2,1-3H3,(H,36,41)(H,37,42)/t20-,21+,25+,26+,27+,28+,29-,33-/m0/s1. The summed E-state index contributed by atoms with van der Waals surface area (Å²) in [5.74, 6) is -1.44. The van der Waals surface area contributed by atoms with E-state index in [1.54, 1.807) is 23.1 Å². The Morgan fingerprint density at radius 2 is 1.70 bits per heavy atom. The van der Waals surface area contributed by atoms with E-state index in [1.165, 1.54) is 0 Å². The summed E-state index contributed by atoms with van der Waals surface area (Å²) in [5.41, 5.74) is -0.732. The van der Waals surface area contributed by atoms with E-state index >= 15 is 0 Å². The lowest BCUT2D eigenvalue weighted by Crippen LogP contribution is -2.58. The number of piperazine rings is 1. The Labute approximate surface area is 270 Å². The van der Waals surface area contributed by atoms with Gasteiger partial charge in [-0.15, -0.1) is 0 Å². The molecule has 9 nitrogen and oxygen atoms in total. The zero-order valence-corrected chi connectivity index (χ0v) is 27.4. The van der Waals surface area contributed by atoms with Crippen LogP contribution in [0.1, 0.15) is 46.5 Å². The molecule has 1 aromatic rings. The topological polar surface area (TPSA) is 94.2 Å². The lowest BCUT2D eigenvalue weighted by molar-refractivity contribution is -0.141. The Morgan fingerprint density at radius 1 is 1.00 bits per heavy atom. The summed E-state index contributed by atoms with van der Waals surface area (Å²) < 4.78 is 6.53. The van der Waals surface area contributed by atoms with E-state index in [1.807, 2.05) is 12.2 Å². The number of likely N-dealkylation sites (tertiary alicyclic amines) is 1. The van der Waals surface area contributed by atoms with Gasteiger partial charge in [0.25, 0.3) is 0 Å². The molecule has 0 radical (unpaired) electrons. The van der Waals surface area contributed by atoms with Crippen LogP contribution in [0, 0.1) is 23.7 Å². The van der Waals surface area contributed by atoms with Crippen LogP contribution >= 0.6 is 23.2 Å². The average molecular weight is 647 g/mol. The smallest absolute Gasteiger partial charge is 0.246 e. The summed E-state index contributed by atoms with van der Waals surface area (Å²) in [6.45, 7) is 13.1. The molecule has 2 bridgehead atoms. The van der Waals surface area contributed by atoms with Gasteiger partial charge in [-0.3, -0.25) is 14.4 Å². The highest BCUT2D eigenvalue weighted by atomic mass is 35.5. The summed E-state index contributed by atoms with van der Waals surface area (Å²) in [7, 11) is 0. The van der Waals surface area contributed by atoms with Gasteiger partial charge >= 0.3 is 0 Å². The third-order valence-electron chi connectivity index (χ3n) is 10.9. The number of rotatable bonds is 9. The molecule has 6 rings (SSSR count). The molecule has 5 aliphatic rings. The van der Waals surface area contributed by atoms with E-state index in [2.05, 4.69) is 41.2 Å². The SMILES string of the molecule is CCN1CCN(CCCN2C(=O)[C@H]3[C@H](C(=O)Nc4cc(Cl)cc(Cl)c4)[C@H]4C=C[C@@]3(O4)[C@@H]2C(=O)N[C@@H]2CCC[C@H](C)[C@H]2C)CC1. The van der Waals surface area contributed by atoms with Gasteiger partial charge in [-0.1, -0.05) is 69.0 Å². The van der Waals surface area contributed by atoms with Crippen molar-refractivity contribution in [3.8, 4) is 0 Å². The molecular weight excluding hydrogens is 601 g/mol. The summed E-state index contributed by atoms with van der Waals surface area (Å²) >= 11 is 12.4. The quantitative estimate of drug-likeness (QED) is 0.394. The predicted molar refractivity (Wildman–Crippen MR) is 172 cm³/mol. The number of nitrogens with zero attached hydrogens (tertiary/aromatic N) is 3. The van der Waals surface area contributed by atoms with Crippen LogP contribution in [0.4, 0.5) is 5.69 Å². The van der Waals surface area contributed by atoms with Crippen molar-refractivity contribution < 1.29 is 19.1 Å². The summed E-state index contributed by atoms with van der Waals surface area (Å²) in [4.78, 5) is 48.9. The molecule has 0 aromatic heterocycles. The summed E-state index contributed by atoms with van der Waals surface area (Å²) in [5, 5.41) is 7.04. The van der Waals surface area contributed by atoms with Crippen molar-refractivity contribution in [2.24, 2.45) is 23.7 Å². The molecule has 1 aliphatic carbocycles. The first-order valence-corrected chi connectivity index (χ1v) is 17.1. The second-order valence-electron chi connectivity index (χ2n) is 13.4. The van der Waals surface area contributed by atoms with Crippen molar-refractivity contribution in [1.82, 2.24) is 20.0 Å². The summed E-state index contributed by atoms with van der Waals surface area (Å²) in [6.07, 6.45) is 7.01. The highest BCUT2D eigenvalue weighted by Gasteiger charge is 2.72. The Hall–Kier alpha value is -2.17. The number of carbonyl (C=O) groups excluding carboxylic acids is 3. The molecule has 1 saturated carbocycles. The maximum Gasteiger partial charge on any atom is 0.246 e. The van der Waals surface area contributed by atoms with Crippen molar-refractivity contribution in [3.05, 3.63) is 40.4 Å². The van der Waals surface area contributed by atoms with E-state index in [-0.39, 0.29) is 23.8 Å². The highest BCUT2D eigenvalue weighted by molar-refractivity contribution is 6.35. The number of fused-ring (bicyclic) bond motifs is 1. The van der Waals surface area contributed by atoms with Crippen LogP contribution in [0.2, 0.25) is 10.0 Å². The number of benzene rings is 1. The zero-order valence-electron chi connectivity index (χ0n) is 25.9. The molecule has 11 heteroatoms. The van der Waals surface area contributed by atoms with E-state index in [4.69, 9.17) is 27.9 Å². The van der Waals surface area contributed by atoms with Crippen LogP contribution in [0.15, 0.2) is 30.4 Å². The highest BCUT2D eigenvalue weighted by Crippen LogP contribution is 2.55. The van der Waals surface area contributed by atoms with Gasteiger partial charge in [0.05, 0.1) is 17.9 Å². The van der Waals surface area contributed by atoms with E-state index < -0.39 is 29.6 Å². The number of likely N-dealkylation sites (N-methyl/N-ethyl adjacent to an activating group) is 1. The van der Waals surface area contributed by atoms with Crippen molar-refractivity contribution in [3.63, 3.8) is 0 Å². The Kier molecular flexibility index (Phi) is 9.33. The zero-order chi connectivity index (χ0) is 31.2. The number of nitrogens with one attached hydrogen (secondary N) is 2. The van der Waals surface area contributed by atoms with Crippen LogP contribution < -0.4 is 10.6 Å². The number of anilines is 1. The predicted octanol–water partition coefficient (Wildman–Crippen LogP) is 4.05. The molecule has 1 spiro atoms. The fourth-order valence-electron chi connectivity index (χ4n) is 8.20. The fourth-order valence-corrected chi connectivity index (χ4v) is 8.73. The van der Waals surface area contributed by atoms with Crippen molar-refractivity contribution in [2.45, 2.75) is 70.2 Å². The third kappa shape index (κ3) is 5.91. The lowest BCUT2D eigenvalue weighted by atomic mass is 9.73. The Balaban J connectivity index is 1.23.